The summed E-state index contributed by atoms with van der Waals surface area (Å²) in [6.07, 6.45) is 4.54. The number of rotatable bonds is 6. The third-order valence-corrected chi connectivity index (χ3v) is 2.70. The average Bonchev–Trinajstić information content (AvgIpc) is 2.13. The molecule has 0 saturated heterocycles. The second-order valence-electron chi connectivity index (χ2n) is 4.62. The summed E-state index contributed by atoms with van der Waals surface area (Å²) in [5.41, 5.74) is 1.37. The quantitative estimate of drug-likeness (QED) is 0.497. The molecule has 0 heterocycles. The van der Waals surface area contributed by atoms with Crippen LogP contribution in [-0.2, 0) is 9.53 Å². The molecule has 0 saturated carbocycles. The molecule has 0 aliphatic carbocycles. The molecule has 0 radical (unpaired) electrons. The normalized spacial score (nSPS) is 14.2. The molecule has 0 aromatic carbocycles. The predicted octanol–water partition coefficient (Wildman–Crippen LogP) is 3.57. The standard InChI is InChI=1S/C13H24O2/c1-10(2)7-6-8-11(3)12(4)9-15-13(5)14/h7,11-12H,6,8-9H2,1-5H3/t11-,12+/m0/s1. The van der Waals surface area contributed by atoms with Crippen LogP contribution in [0.25, 0.3) is 0 Å². The van der Waals surface area contributed by atoms with Crippen LogP contribution >= 0.6 is 0 Å². The third-order valence-electron chi connectivity index (χ3n) is 2.70. The van der Waals surface area contributed by atoms with E-state index in [9.17, 15) is 4.79 Å². The molecular weight excluding hydrogens is 188 g/mol. The number of carbonyl (C=O) groups excluding carboxylic acids is 1. The van der Waals surface area contributed by atoms with Gasteiger partial charge in [-0.1, -0.05) is 25.5 Å². The SMILES string of the molecule is CC(=O)OC[C@@H](C)[C@@H](C)CCC=C(C)C. The first kappa shape index (κ1) is 14.2. The van der Waals surface area contributed by atoms with Gasteiger partial charge in [-0.25, -0.2) is 0 Å². The highest BCUT2D eigenvalue weighted by Gasteiger charge is 2.12. The van der Waals surface area contributed by atoms with Gasteiger partial charge in [-0.15, -0.1) is 0 Å². The molecule has 0 bridgehead atoms. The minimum absolute atomic E-state index is 0.182. The molecule has 15 heavy (non-hydrogen) atoms. The molecule has 0 spiro atoms. The molecule has 2 nitrogen and oxygen atoms in total. The molecule has 0 aromatic rings. The first-order valence-corrected chi connectivity index (χ1v) is 5.70. The Morgan fingerprint density at radius 2 is 1.80 bits per heavy atom. The van der Waals surface area contributed by atoms with Crippen LogP contribution in [0.2, 0.25) is 0 Å². The monoisotopic (exact) mass is 212 g/mol. The zero-order valence-electron chi connectivity index (χ0n) is 10.7. The fraction of sp³-hybridized carbons (Fsp3) is 0.769. The molecule has 0 rings (SSSR count). The van der Waals surface area contributed by atoms with Gasteiger partial charge >= 0.3 is 5.97 Å². The molecule has 0 aliphatic rings. The van der Waals surface area contributed by atoms with Crippen molar-refractivity contribution in [2.45, 2.75) is 47.5 Å². The zero-order chi connectivity index (χ0) is 11.8. The summed E-state index contributed by atoms with van der Waals surface area (Å²) in [4.78, 5) is 10.6. The number of hydrogen-bond acceptors (Lipinski definition) is 2. The Labute approximate surface area is 93.7 Å². The molecule has 0 N–H and O–H groups in total. The van der Waals surface area contributed by atoms with E-state index < -0.39 is 0 Å². The Kier molecular flexibility index (Phi) is 7.10. The number of ether oxygens (including phenoxy) is 1. The van der Waals surface area contributed by atoms with Crippen molar-refractivity contribution in [2.24, 2.45) is 11.8 Å². The van der Waals surface area contributed by atoms with Crippen molar-refractivity contribution in [2.75, 3.05) is 6.61 Å². The predicted molar refractivity (Wildman–Crippen MR) is 63.6 cm³/mol. The van der Waals surface area contributed by atoms with Crippen LogP contribution in [0.1, 0.15) is 47.5 Å². The number of allylic oxidation sites excluding steroid dienone is 2. The zero-order valence-corrected chi connectivity index (χ0v) is 10.7. The van der Waals surface area contributed by atoms with Crippen LogP contribution < -0.4 is 0 Å². The van der Waals surface area contributed by atoms with E-state index in [1.54, 1.807) is 0 Å². The van der Waals surface area contributed by atoms with Gasteiger partial charge in [0.25, 0.3) is 0 Å². The summed E-state index contributed by atoms with van der Waals surface area (Å²) in [6, 6.07) is 0. The molecule has 0 amide bonds. The van der Waals surface area contributed by atoms with Gasteiger partial charge in [0, 0.05) is 6.92 Å². The lowest BCUT2D eigenvalue weighted by Gasteiger charge is -2.18. The van der Waals surface area contributed by atoms with Gasteiger partial charge in [-0.2, -0.15) is 0 Å². The van der Waals surface area contributed by atoms with E-state index in [1.165, 1.54) is 12.5 Å². The lowest BCUT2D eigenvalue weighted by molar-refractivity contribution is -0.142. The fourth-order valence-corrected chi connectivity index (χ4v) is 1.33. The highest BCUT2D eigenvalue weighted by Crippen LogP contribution is 2.18. The van der Waals surface area contributed by atoms with Gasteiger partial charge in [0.1, 0.15) is 0 Å². The lowest BCUT2D eigenvalue weighted by atomic mass is 9.92. The average molecular weight is 212 g/mol. The molecule has 0 aromatic heterocycles. The van der Waals surface area contributed by atoms with Gasteiger partial charge in [-0.3, -0.25) is 4.79 Å². The van der Waals surface area contributed by atoms with Crippen molar-refractivity contribution in [3.8, 4) is 0 Å². The lowest BCUT2D eigenvalue weighted by Crippen LogP contribution is -2.16. The van der Waals surface area contributed by atoms with Crippen molar-refractivity contribution in [3.63, 3.8) is 0 Å². The second kappa shape index (κ2) is 7.49. The van der Waals surface area contributed by atoms with E-state index in [0.717, 1.165) is 12.8 Å². The minimum atomic E-state index is -0.182. The maximum Gasteiger partial charge on any atom is 0.302 e. The van der Waals surface area contributed by atoms with Crippen LogP contribution in [0.3, 0.4) is 0 Å². The second-order valence-corrected chi connectivity index (χ2v) is 4.62. The molecule has 88 valence electrons. The first-order chi connectivity index (χ1) is 6.93. The van der Waals surface area contributed by atoms with Gasteiger partial charge < -0.3 is 4.74 Å². The Bertz CT molecular complexity index is 215. The summed E-state index contributed by atoms with van der Waals surface area (Å²) in [7, 11) is 0. The highest BCUT2D eigenvalue weighted by atomic mass is 16.5. The molecule has 0 unspecified atom stereocenters. The van der Waals surface area contributed by atoms with Crippen LogP contribution in [0.15, 0.2) is 11.6 Å². The van der Waals surface area contributed by atoms with Gasteiger partial charge in [-0.05, 0) is 38.5 Å². The fourth-order valence-electron chi connectivity index (χ4n) is 1.33. The van der Waals surface area contributed by atoms with Crippen molar-refractivity contribution >= 4 is 5.97 Å². The minimum Gasteiger partial charge on any atom is -0.466 e. The van der Waals surface area contributed by atoms with Gasteiger partial charge in [0.15, 0.2) is 0 Å². The summed E-state index contributed by atoms with van der Waals surface area (Å²) < 4.78 is 5.00. The topological polar surface area (TPSA) is 26.3 Å². The smallest absolute Gasteiger partial charge is 0.302 e. The van der Waals surface area contributed by atoms with Crippen LogP contribution in [-0.4, -0.2) is 12.6 Å². The van der Waals surface area contributed by atoms with E-state index in [0.29, 0.717) is 18.4 Å². The number of hydrogen-bond donors (Lipinski definition) is 0. The van der Waals surface area contributed by atoms with Gasteiger partial charge in [0.2, 0.25) is 0 Å². The van der Waals surface area contributed by atoms with Crippen molar-refractivity contribution in [1.82, 2.24) is 0 Å². The Balaban J connectivity index is 3.73. The van der Waals surface area contributed by atoms with Crippen molar-refractivity contribution in [1.29, 1.82) is 0 Å². The summed E-state index contributed by atoms with van der Waals surface area (Å²) in [6.45, 7) is 10.6. The number of carbonyl (C=O) groups is 1. The maximum absolute atomic E-state index is 10.6. The van der Waals surface area contributed by atoms with E-state index in [2.05, 4.69) is 33.8 Å². The van der Waals surface area contributed by atoms with E-state index >= 15 is 0 Å². The maximum atomic E-state index is 10.6. The van der Waals surface area contributed by atoms with Crippen molar-refractivity contribution in [3.05, 3.63) is 11.6 Å². The molecular formula is C13H24O2. The molecule has 2 atom stereocenters. The Morgan fingerprint density at radius 3 is 2.27 bits per heavy atom. The van der Waals surface area contributed by atoms with E-state index in [4.69, 9.17) is 4.74 Å². The summed E-state index contributed by atoms with van der Waals surface area (Å²) in [5, 5.41) is 0. The van der Waals surface area contributed by atoms with Crippen LogP contribution in [0.5, 0.6) is 0 Å². The molecule has 0 aliphatic heterocycles. The van der Waals surface area contributed by atoms with Crippen LogP contribution in [0.4, 0.5) is 0 Å². The van der Waals surface area contributed by atoms with Crippen molar-refractivity contribution < 1.29 is 9.53 Å². The van der Waals surface area contributed by atoms with E-state index in [1.807, 2.05) is 0 Å². The number of esters is 1. The molecule has 2 heteroatoms. The summed E-state index contributed by atoms with van der Waals surface area (Å²) >= 11 is 0. The highest BCUT2D eigenvalue weighted by molar-refractivity contribution is 5.65. The third kappa shape index (κ3) is 8.22. The Hall–Kier alpha value is -0.790. The summed E-state index contributed by atoms with van der Waals surface area (Å²) in [5.74, 6) is 0.859. The molecule has 0 fully saturated rings. The van der Waals surface area contributed by atoms with Crippen LogP contribution in [0, 0.1) is 11.8 Å². The largest absolute Gasteiger partial charge is 0.466 e. The van der Waals surface area contributed by atoms with Gasteiger partial charge in [0.05, 0.1) is 6.61 Å². The Morgan fingerprint density at radius 1 is 1.20 bits per heavy atom. The van der Waals surface area contributed by atoms with E-state index in [-0.39, 0.29) is 5.97 Å². The first-order valence-electron chi connectivity index (χ1n) is 5.70.